The van der Waals surface area contributed by atoms with Crippen molar-refractivity contribution in [2.24, 2.45) is 17.4 Å². The van der Waals surface area contributed by atoms with Crippen molar-refractivity contribution in [2.45, 2.75) is 38.0 Å². The molecule has 1 amide bonds. The van der Waals surface area contributed by atoms with E-state index in [4.69, 9.17) is 30.7 Å². The Kier molecular flexibility index (Phi) is 9.04. The number of fused-ring (bicyclic) bond motifs is 1. The molecule has 3 aromatic rings. The molecule has 42 heavy (non-hydrogen) atoms. The minimum atomic E-state index is -4.64. The number of aromatic nitrogens is 2. The smallest absolute Gasteiger partial charge is 0.391 e. The fraction of sp³-hybridized carbons (Fsp3) is 0.346. The van der Waals surface area contributed by atoms with Gasteiger partial charge in [-0.1, -0.05) is 13.0 Å². The van der Waals surface area contributed by atoms with Crippen molar-refractivity contribution in [3.63, 3.8) is 0 Å². The largest absolute Gasteiger partial charge is 0.466 e. The SMILES string of the molecule is C[C@H]1CN(c2nc3c(cc2-c2cc(C(N)=O)nc(-c4c(F)cccc4F)c2F)CC[C@H]3O)C[C@@H](N)[C@@H]1O.O=P(O)(O)O. The Morgan fingerprint density at radius 2 is 1.67 bits per heavy atom. The van der Waals surface area contributed by atoms with Crippen molar-refractivity contribution in [3.8, 4) is 22.4 Å². The van der Waals surface area contributed by atoms with Gasteiger partial charge in [-0.15, -0.1) is 0 Å². The van der Waals surface area contributed by atoms with Gasteiger partial charge in [-0.2, -0.15) is 0 Å². The summed E-state index contributed by atoms with van der Waals surface area (Å²) in [7, 11) is -4.64. The lowest BCUT2D eigenvalue weighted by Crippen LogP contribution is -2.56. The summed E-state index contributed by atoms with van der Waals surface area (Å²) in [6.45, 7) is 2.33. The predicted octanol–water partition coefficient (Wildman–Crippen LogP) is 1.52. The normalized spacial score (nSPS) is 21.9. The monoisotopic (exact) mass is 611 g/mol. The second-order valence-electron chi connectivity index (χ2n) is 10.2. The summed E-state index contributed by atoms with van der Waals surface area (Å²) in [6, 6.07) is 5.21. The number of phosphoric acid groups is 1. The van der Waals surface area contributed by atoms with E-state index in [1.165, 1.54) is 0 Å². The molecule has 226 valence electrons. The van der Waals surface area contributed by atoms with E-state index in [9.17, 15) is 23.8 Å². The van der Waals surface area contributed by atoms with Crippen LogP contribution in [0.2, 0.25) is 0 Å². The number of carbonyl (C=O) groups is 1. The van der Waals surface area contributed by atoms with Crippen LogP contribution < -0.4 is 16.4 Å². The maximum absolute atomic E-state index is 16.1. The van der Waals surface area contributed by atoms with Crippen LogP contribution in [0.4, 0.5) is 19.0 Å². The summed E-state index contributed by atoms with van der Waals surface area (Å²) in [5.74, 6) is -4.18. The molecule has 3 heterocycles. The number of aryl methyl sites for hydroxylation is 1. The zero-order valence-corrected chi connectivity index (χ0v) is 23.0. The summed E-state index contributed by atoms with van der Waals surface area (Å²) >= 11 is 0. The highest BCUT2D eigenvalue weighted by molar-refractivity contribution is 7.45. The Bertz CT molecular complexity index is 1530. The number of piperidine rings is 1. The quantitative estimate of drug-likeness (QED) is 0.210. The van der Waals surface area contributed by atoms with E-state index < -0.39 is 60.7 Å². The number of nitrogens with zero attached hydrogens (tertiary/aromatic N) is 3. The first-order valence-electron chi connectivity index (χ1n) is 12.7. The molecule has 0 bridgehead atoms. The molecule has 2 aromatic heterocycles. The molecule has 1 fully saturated rings. The van der Waals surface area contributed by atoms with E-state index in [0.29, 0.717) is 30.6 Å². The zero-order chi connectivity index (χ0) is 31.1. The fourth-order valence-electron chi connectivity index (χ4n) is 5.14. The van der Waals surface area contributed by atoms with Gasteiger partial charge >= 0.3 is 7.82 Å². The molecular formula is C26H29F3N5O7P. The molecule has 4 atom stereocenters. The van der Waals surface area contributed by atoms with Gasteiger partial charge in [-0.3, -0.25) is 4.79 Å². The Labute approximate surface area is 237 Å². The average molecular weight is 612 g/mol. The van der Waals surface area contributed by atoms with E-state index in [1.54, 1.807) is 11.0 Å². The van der Waals surface area contributed by atoms with Gasteiger partial charge in [0.15, 0.2) is 5.82 Å². The number of nitrogens with two attached hydrogens (primary N) is 2. The standard InChI is InChI=1S/C26H26F3N5O3.H3O4P/c1-11-9-34(10-17(30)24(11)36)26-14(7-12-5-6-19(35)22(12)33-26)13-8-18(25(31)37)32-23(21(13)29)20-15(27)3-2-4-16(20)28;1-5(2,3)4/h2-4,7-8,11,17,19,24,35-36H,5-6,9-10,30H2,1H3,(H2,31,37);(H3,1,2,3,4)/t11-,17+,19+,24+;/m0./s1. The average Bonchev–Trinajstić information content (AvgIpc) is 3.25. The highest BCUT2D eigenvalue weighted by Crippen LogP contribution is 2.42. The van der Waals surface area contributed by atoms with E-state index >= 15 is 4.39 Å². The van der Waals surface area contributed by atoms with E-state index in [2.05, 4.69) is 9.97 Å². The third-order valence-electron chi connectivity index (χ3n) is 7.08. The molecule has 1 aliphatic carbocycles. The summed E-state index contributed by atoms with van der Waals surface area (Å²) < 4.78 is 54.3. The molecule has 9 N–H and O–H groups in total. The molecule has 0 spiro atoms. The van der Waals surface area contributed by atoms with Crippen LogP contribution in [0.25, 0.3) is 22.4 Å². The number of rotatable bonds is 4. The lowest BCUT2D eigenvalue weighted by atomic mass is 9.92. The van der Waals surface area contributed by atoms with Crippen molar-refractivity contribution in [3.05, 3.63) is 64.7 Å². The van der Waals surface area contributed by atoms with Crippen LogP contribution >= 0.6 is 7.82 Å². The van der Waals surface area contributed by atoms with Gasteiger partial charge in [0.05, 0.1) is 23.5 Å². The van der Waals surface area contributed by atoms with Crippen LogP contribution in [-0.4, -0.2) is 66.0 Å². The number of primary amides is 1. The van der Waals surface area contributed by atoms with Crippen LogP contribution in [0, 0.1) is 23.4 Å². The molecule has 12 nitrogen and oxygen atoms in total. The topological polar surface area (TPSA) is 216 Å². The number of hydrogen-bond donors (Lipinski definition) is 7. The third kappa shape index (κ3) is 6.63. The van der Waals surface area contributed by atoms with Gasteiger partial charge < -0.3 is 41.3 Å². The molecule has 0 radical (unpaired) electrons. The highest BCUT2D eigenvalue weighted by atomic mass is 31.2. The van der Waals surface area contributed by atoms with Gasteiger partial charge in [0.1, 0.15) is 28.8 Å². The molecule has 2 aliphatic rings. The second-order valence-corrected chi connectivity index (χ2v) is 11.2. The summed E-state index contributed by atoms with van der Waals surface area (Å²) in [5, 5.41) is 20.8. The van der Waals surface area contributed by atoms with Crippen molar-refractivity contribution >= 4 is 19.5 Å². The fourth-order valence-corrected chi connectivity index (χ4v) is 5.14. The van der Waals surface area contributed by atoms with Crippen LogP contribution in [-0.2, 0) is 11.0 Å². The molecular weight excluding hydrogens is 582 g/mol. The second kappa shape index (κ2) is 12.1. The molecule has 5 rings (SSSR count). The molecule has 1 saturated heterocycles. The summed E-state index contributed by atoms with van der Waals surface area (Å²) in [4.78, 5) is 44.0. The lowest BCUT2D eigenvalue weighted by Gasteiger charge is -2.40. The van der Waals surface area contributed by atoms with Gasteiger partial charge in [0, 0.05) is 36.2 Å². The van der Waals surface area contributed by atoms with Gasteiger partial charge in [0.25, 0.3) is 5.91 Å². The number of halogens is 3. The van der Waals surface area contributed by atoms with Crippen LogP contribution in [0.15, 0.2) is 30.3 Å². The Hall–Kier alpha value is -3.43. The molecule has 0 saturated carbocycles. The van der Waals surface area contributed by atoms with Crippen LogP contribution in [0.5, 0.6) is 0 Å². The molecule has 1 aliphatic heterocycles. The van der Waals surface area contributed by atoms with Gasteiger partial charge in [-0.25, -0.2) is 27.7 Å². The Morgan fingerprint density at radius 3 is 2.24 bits per heavy atom. The molecule has 0 unspecified atom stereocenters. The number of pyridine rings is 2. The van der Waals surface area contributed by atoms with Crippen LogP contribution in [0.1, 0.15) is 41.2 Å². The maximum Gasteiger partial charge on any atom is 0.466 e. The van der Waals surface area contributed by atoms with E-state index in [1.807, 2.05) is 6.92 Å². The number of benzene rings is 1. The highest BCUT2D eigenvalue weighted by Gasteiger charge is 2.35. The number of hydrogen-bond acceptors (Lipinski definition) is 8. The van der Waals surface area contributed by atoms with E-state index in [-0.39, 0.29) is 35.1 Å². The summed E-state index contributed by atoms with van der Waals surface area (Å²) in [5.41, 5.74) is 11.0. The summed E-state index contributed by atoms with van der Waals surface area (Å²) in [6.07, 6.45) is -0.655. The first-order chi connectivity index (χ1) is 19.6. The predicted molar refractivity (Wildman–Crippen MR) is 144 cm³/mol. The number of anilines is 1. The van der Waals surface area contributed by atoms with Crippen molar-refractivity contribution in [1.29, 1.82) is 0 Å². The Morgan fingerprint density at radius 1 is 1.05 bits per heavy atom. The maximum atomic E-state index is 16.1. The first-order valence-corrected chi connectivity index (χ1v) is 14.3. The van der Waals surface area contributed by atoms with Gasteiger partial charge in [0.2, 0.25) is 0 Å². The number of aliphatic hydroxyl groups excluding tert-OH is 2. The number of carbonyl (C=O) groups excluding carboxylic acids is 1. The van der Waals surface area contributed by atoms with Crippen LogP contribution in [0.3, 0.4) is 0 Å². The molecule has 1 aromatic carbocycles. The van der Waals surface area contributed by atoms with E-state index in [0.717, 1.165) is 24.3 Å². The lowest BCUT2D eigenvalue weighted by molar-refractivity contribution is 0.0782. The number of aliphatic hydroxyl groups is 2. The van der Waals surface area contributed by atoms with Gasteiger partial charge in [-0.05, 0) is 42.7 Å². The number of amides is 1. The van der Waals surface area contributed by atoms with Crippen molar-refractivity contribution in [1.82, 2.24) is 9.97 Å². The Balaban J connectivity index is 0.000000748. The van der Waals surface area contributed by atoms with Crippen molar-refractivity contribution < 1.29 is 47.4 Å². The van der Waals surface area contributed by atoms with Crippen molar-refractivity contribution in [2.75, 3.05) is 18.0 Å². The minimum Gasteiger partial charge on any atom is -0.391 e. The zero-order valence-electron chi connectivity index (χ0n) is 22.2. The molecule has 16 heteroatoms. The third-order valence-corrected chi connectivity index (χ3v) is 7.08. The first kappa shape index (κ1) is 31.5. The minimum absolute atomic E-state index is 0.180.